The number of aromatic hydroxyl groups is 1. The lowest BCUT2D eigenvalue weighted by Crippen LogP contribution is -2.40. The predicted octanol–water partition coefficient (Wildman–Crippen LogP) is 4.00. The van der Waals surface area contributed by atoms with Crippen molar-refractivity contribution in [3.63, 3.8) is 0 Å². The number of halogens is 1. The maximum Gasteiger partial charge on any atom is 0.229 e. The van der Waals surface area contributed by atoms with E-state index >= 15 is 0 Å². The Kier molecular flexibility index (Phi) is 4.46. The zero-order valence-electron chi connectivity index (χ0n) is 14.0. The largest absolute Gasteiger partial charge is 0.508 e. The Bertz CT molecular complexity index is 959. The third kappa shape index (κ3) is 3.35. The summed E-state index contributed by atoms with van der Waals surface area (Å²) < 4.78 is 14.7. The lowest BCUT2D eigenvalue weighted by Gasteiger charge is -2.31. The van der Waals surface area contributed by atoms with Gasteiger partial charge in [0, 0.05) is 24.8 Å². The van der Waals surface area contributed by atoms with Crippen LogP contribution in [0.2, 0.25) is 0 Å². The SMILES string of the molecule is O=C(Nc1cccc(O)c1)C1CCCN(c2nc3c(F)cccc3s2)C1. The number of piperidine rings is 1. The monoisotopic (exact) mass is 371 g/mol. The van der Waals surface area contributed by atoms with E-state index in [0.29, 0.717) is 17.7 Å². The average Bonchev–Trinajstić information content (AvgIpc) is 3.08. The fourth-order valence-electron chi connectivity index (χ4n) is 3.23. The number of carbonyl (C=O) groups excluding carboxylic acids is 1. The Labute approximate surface area is 154 Å². The van der Waals surface area contributed by atoms with Crippen molar-refractivity contribution < 1.29 is 14.3 Å². The van der Waals surface area contributed by atoms with Gasteiger partial charge in [0.05, 0.1) is 10.6 Å². The lowest BCUT2D eigenvalue weighted by atomic mass is 9.97. The van der Waals surface area contributed by atoms with Crippen LogP contribution < -0.4 is 10.2 Å². The molecular weight excluding hydrogens is 353 g/mol. The quantitative estimate of drug-likeness (QED) is 0.730. The number of phenols is 1. The van der Waals surface area contributed by atoms with Crippen molar-refractivity contribution >= 4 is 38.3 Å². The summed E-state index contributed by atoms with van der Waals surface area (Å²) in [5, 5.41) is 13.1. The van der Waals surface area contributed by atoms with Crippen molar-refractivity contribution in [2.24, 2.45) is 5.92 Å². The number of thiazole rings is 1. The summed E-state index contributed by atoms with van der Waals surface area (Å²) in [6.07, 6.45) is 1.66. The third-order valence-corrected chi connectivity index (χ3v) is 5.62. The van der Waals surface area contributed by atoms with E-state index in [1.165, 1.54) is 23.5 Å². The van der Waals surface area contributed by atoms with Gasteiger partial charge in [-0.3, -0.25) is 4.79 Å². The molecule has 1 aliphatic rings. The van der Waals surface area contributed by atoms with Gasteiger partial charge in [-0.1, -0.05) is 23.5 Å². The van der Waals surface area contributed by atoms with Crippen LogP contribution in [0.1, 0.15) is 12.8 Å². The second-order valence-corrected chi connectivity index (χ2v) is 7.42. The van der Waals surface area contributed by atoms with Gasteiger partial charge in [-0.25, -0.2) is 9.37 Å². The van der Waals surface area contributed by atoms with Crippen LogP contribution in [0.3, 0.4) is 0 Å². The van der Waals surface area contributed by atoms with E-state index in [2.05, 4.69) is 15.2 Å². The van der Waals surface area contributed by atoms with Crippen molar-refractivity contribution in [1.82, 2.24) is 4.98 Å². The van der Waals surface area contributed by atoms with Crippen LogP contribution >= 0.6 is 11.3 Å². The van der Waals surface area contributed by atoms with Crippen LogP contribution in [0, 0.1) is 11.7 Å². The second kappa shape index (κ2) is 6.92. The molecule has 2 aromatic carbocycles. The first-order valence-corrected chi connectivity index (χ1v) is 9.32. The second-order valence-electron chi connectivity index (χ2n) is 6.41. The minimum absolute atomic E-state index is 0.0763. The Hall–Kier alpha value is -2.67. The van der Waals surface area contributed by atoms with Crippen molar-refractivity contribution in [2.75, 3.05) is 23.3 Å². The lowest BCUT2D eigenvalue weighted by molar-refractivity contribution is -0.120. The molecule has 1 unspecified atom stereocenters. The first kappa shape index (κ1) is 16.8. The normalized spacial score (nSPS) is 17.4. The number of nitrogens with zero attached hydrogens (tertiary/aromatic N) is 2. The van der Waals surface area contributed by atoms with Crippen LogP contribution in [0.4, 0.5) is 15.2 Å². The summed E-state index contributed by atoms with van der Waals surface area (Å²) in [4.78, 5) is 19.1. The predicted molar refractivity (Wildman–Crippen MR) is 101 cm³/mol. The number of phenolic OH excluding ortho intramolecular Hbond substituents is 1. The number of benzene rings is 2. The van der Waals surface area contributed by atoms with Gasteiger partial charge in [0.1, 0.15) is 17.1 Å². The van der Waals surface area contributed by atoms with E-state index in [9.17, 15) is 14.3 Å². The topological polar surface area (TPSA) is 65.5 Å². The van der Waals surface area contributed by atoms with Gasteiger partial charge in [-0.2, -0.15) is 0 Å². The molecule has 26 heavy (non-hydrogen) atoms. The molecule has 1 amide bonds. The molecule has 3 aromatic rings. The van der Waals surface area contributed by atoms with Gasteiger partial charge >= 0.3 is 0 Å². The number of anilines is 2. The summed E-state index contributed by atoms with van der Waals surface area (Å²) in [6.45, 7) is 1.35. The van der Waals surface area contributed by atoms with E-state index in [1.807, 2.05) is 6.07 Å². The number of hydrogen-bond donors (Lipinski definition) is 2. The van der Waals surface area contributed by atoms with Crippen LogP contribution in [0.25, 0.3) is 10.2 Å². The molecule has 0 radical (unpaired) electrons. The smallest absolute Gasteiger partial charge is 0.229 e. The summed E-state index contributed by atoms with van der Waals surface area (Å²) in [6, 6.07) is 11.5. The maximum atomic E-state index is 13.9. The zero-order chi connectivity index (χ0) is 18.1. The molecular formula is C19H18FN3O2S. The number of amides is 1. The molecule has 2 N–H and O–H groups in total. The summed E-state index contributed by atoms with van der Waals surface area (Å²) in [7, 11) is 0. The first-order chi connectivity index (χ1) is 12.6. The Morgan fingerprint density at radius 1 is 1.31 bits per heavy atom. The molecule has 1 saturated heterocycles. The van der Waals surface area contributed by atoms with Gasteiger partial charge < -0.3 is 15.3 Å². The van der Waals surface area contributed by atoms with Crippen molar-refractivity contribution in [1.29, 1.82) is 0 Å². The number of fused-ring (bicyclic) bond motifs is 1. The minimum atomic E-state index is -0.319. The van der Waals surface area contributed by atoms with Crippen molar-refractivity contribution in [3.05, 3.63) is 48.3 Å². The van der Waals surface area contributed by atoms with Crippen molar-refractivity contribution in [3.8, 4) is 5.75 Å². The third-order valence-electron chi connectivity index (χ3n) is 4.53. The van der Waals surface area contributed by atoms with Gasteiger partial charge in [0.2, 0.25) is 5.91 Å². The number of carbonyl (C=O) groups is 1. The van der Waals surface area contributed by atoms with E-state index < -0.39 is 0 Å². The zero-order valence-corrected chi connectivity index (χ0v) is 14.8. The van der Waals surface area contributed by atoms with Crippen LogP contribution in [0.5, 0.6) is 5.75 Å². The van der Waals surface area contributed by atoms with E-state index in [-0.39, 0.29) is 23.4 Å². The molecule has 1 aromatic heterocycles. The van der Waals surface area contributed by atoms with Crippen LogP contribution in [0.15, 0.2) is 42.5 Å². The van der Waals surface area contributed by atoms with Gasteiger partial charge in [-0.05, 0) is 37.1 Å². The van der Waals surface area contributed by atoms with Crippen molar-refractivity contribution in [2.45, 2.75) is 12.8 Å². The molecule has 134 valence electrons. The molecule has 1 aliphatic heterocycles. The Morgan fingerprint density at radius 3 is 2.96 bits per heavy atom. The van der Waals surface area contributed by atoms with E-state index in [4.69, 9.17) is 0 Å². The molecule has 0 aliphatic carbocycles. The van der Waals surface area contributed by atoms with Gasteiger partial charge in [-0.15, -0.1) is 0 Å². The molecule has 5 nitrogen and oxygen atoms in total. The molecule has 0 saturated carbocycles. The number of nitrogens with one attached hydrogen (secondary N) is 1. The molecule has 7 heteroatoms. The van der Waals surface area contributed by atoms with Gasteiger partial charge in [0.25, 0.3) is 0 Å². The first-order valence-electron chi connectivity index (χ1n) is 8.50. The number of rotatable bonds is 3. The fourth-order valence-corrected chi connectivity index (χ4v) is 4.25. The fraction of sp³-hybridized carbons (Fsp3) is 0.263. The summed E-state index contributed by atoms with van der Waals surface area (Å²) in [5.74, 6) is -0.458. The highest BCUT2D eigenvalue weighted by Gasteiger charge is 2.27. The molecule has 1 fully saturated rings. The average molecular weight is 371 g/mol. The van der Waals surface area contributed by atoms with Crippen LogP contribution in [-0.2, 0) is 4.79 Å². The standard InChI is InChI=1S/C19H18FN3O2S/c20-15-7-2-8-16-17(15)22-19(26-16)23-9-3-4-12(11-23)18(25)21-13-5-1-6-14(24)10-13/h1-2,5-8,10,12,24H,3-4,9,11H2,(H,21,25). The van der Waals surface area contributed by atoms with Gasteiger partial charge in [0.15, 0.2) is 5.13 Å². The highest BCUT2D eigenvalue weighted by atomic mass is 32.1. The molecule has 4 rings (SSSR count). The highest BCUT2D eigenvalue weighted by molar-refractivity contribution is 7.22. The number of hydrogen-bond acceptors (Lipinski definition) is 5. The molecule has 0 spiro atoms. The minimum Gasteiger partial charge on any atom is -0.508 e. The molecule has 1 atom stereocenters. The summed E-state index contributed by atoms with van der Waals surface area (Å²) in [5.41, 5.74) is 0.966. The maximum absolute atomic E-state index is 13.9. The Balaban J connectivity index is 1.49. The van der Waals surface area contributed by atoms with Crippen LogP contribution in [-0.4, -0.2) is 29.1 Å². The number of para-hydroxylation sites is 1. The molecule has 0 bridgehead atoms. The molecule has 2 heterocycles. The van der Waals surface area contributed by atoms with E-state index in [1.54, 1.807) is 24.3 Å². The Morgan fingerprint density at radius 2 is 2.15 bits per heavy atom. The highest BCUT2D eigenvalue weighted by Crippen LogP contribution is 2.33. The van der Waals surface area contributed by atoms with E-state index in [0.717, 1.165) is 29.2 Å². The number of aromatic nitrogens is 1. The summed E-state index contributed by atoms with van der Waals surface area (Å²) >= 11 is 1.45.